The second-order valence-electron chi connectivity index (χ2n) is 4.30. The lowest BCUT2D eigenvalue weighted by atomic mass is 10.2. The van der Waals surface area contributed by atoms with Crippen LogP contribution in [0.3, 0.4) is 0 Å². The largest absolute Gasteiger partial charge is 0.352 e. The van der Waals surface area contributed by atoms with Gasteiger partial charge in [-0.15, -0.1) is 0 Å². The molecule has 1 aromatic carbocycles. The van der Waals surface area contributed by atoms with Crippen LogP contribution in [0.2, 0.25) is 0 Å². The van der Waals surface area contributed by atoms with Gasteiger partial charge in [0.15, 0.2) is 4.77 Å². The molecule has 1 aromatic heterocycles. The minimum atomic E-state index is -0.0441. The number of imidazole rings is 1. The highest BCUT2D eigenvalue weighted by Gasteiger charge is 2.06. The molecule has 0 unspecified atom stereocenters. The molecule has 0 saturated heterocycles. The van der Waals surface area contributed by atoms with Crippen LogP contribution in [0.5, 0.6) is 0 Å². The Labute approximate surface area is 117 Å². The van der Waals surface area contributed by atoms with E-state index in [1.807, 2.05) is 29.0 Å². The maximum atomic E-state index is 12.0. The summed E-state index contributed by atoms with van der Waals surface area (Å²) in [6.07, 6.45) is 5.68. The van der Waals surface area contributed by atoms with Crippen LogP contribution in [0.25, 0.3) is 5.69 Å². The molecule has 2 N–H and O–H groups in total. The first kappa shape index (κ1) is 13.5. The summed E-state index contributed by atoms with van der Waals surface area (Å²) in [6.45, 7) is 2.81. The average molecular weight is 275 g/mol. The second-order valence-corrected chi connectivity index (χ2v) is 4.68. The number of benzene rings is 1. The van der Waals surface area contributed by atoms with E-state index in [9.17, 15) is 4.79 Å². The predicted molar refractivity (Wildman–Crippen MR) is 78.2 cm³/mol. The molecular formula is C14H17N3OS. The molecule has 2 rings (SSSR count). The molecule has 5 heteroatoms. The normalized spacial score (nSPS) is 10.4. The van der Waals surface area contributed by atoms with E-state index in [-0.39, 0.29) is 5.91 Å². The van der Waals surface area contributed by atoms with Crippen molar-refractivity contribution in [3.63, 3.8) is 0 Å². The molecule has 4 nitrogen and oxygen atoms in total. The quantitative estimate of drug-likeness (QED) is 0.651. The zero-order valence-electron chi connectivity index (χ0n) is 10.8. The van der Waals surface area contributed by atoms with Gasteiger partial charge in [-0.25, -0.2) is 0 Å². The molecule has 1 heterocycles. The van der Waals surface area contributed by atoms with Crippen molar-refractivity contribution in [2.24, 2.45) is 0 Å². The highest BCUT2D eigenvalue weighted by atomic mass is 32.1. The highest BCUT2D eigenvalue weighted by Crippen LogP contribution is 2.11. The number of hydrogen-bond acceptors (Lipinski definition) is 2. The number of aromatic nitrogens is 2. The number of unbranched alkanes of at least 4 members (excludes halogenated alkanes) is 1. The summed E-state index contributed by atoms with van der Waals surface area (Å²) >= 11 is 5.17. The third-order valence-electron chi connectivity index (χ3n) is 2.85. The van der Waals surface area contributed by atoms with E-state index in [4.69, 9.17) is 12.2 Å². The lowest BCUT2D eigenvalue weighted by Crippen LogP contribution is -2.24. The molecule has 100 valence electrons. The zero-order chi connectivity index (χ0) is 13.7. The van der Waals surface area contributed by atoms with Gasteiger partial charge >= 0.3 is 0 Å². The molecule has 0 aliphatic carbocycles. The molecule has 19 heavy (non-hydrogen) atoms. The molecule has 1 amide bonds. The highest BCUT2D eigenvalue weighted by molar-refractivity contribution is 7.71. The van der Waals surface area contributed by atoms with Crippen LogP contribution in [-0.4, -0.2) is 22.0 Å². The number of carbonyl (C=O) groups excluding carboxylic acids is 1. The Kier molecular flexibility index (Phi) is 4.52. The van der Waals surface area contributed by atoms with Crippen LogP contribution in [0.15, 0.2) is 36.7 Å². The molecule has 0 spiro atoms. The van der Waals surface area contributed by atoms with E-state index in [0.29, 0.717) is 16.9 Å². The van der Waals surface area contributed by atoms with Gasteiger partial charge in [-0.1, -0.05) is 19.4 Å². The Hall–Kier alpha value is -1.88. The number of nitrogens with one attached hydrogen (secondary N) is 2. The van der Waals surface area contributed by atoms with Crippen LogP contribution < -0.4 is 5.32 Å². The monoisotopic (exact) mass is 275 g/mol. The molecule has 0 aliphatic rings. The predicted octanol–water partition coefficient (Wildman–Crippen LogP) is 3.06. The molecule has 0 bridgehead atoms. The summed E-state index contributed by atoms with van der Waals surface area (Å²) in [5.41, 5.74) is 1.53. The number of carbonyl (C=O) groups is 1. The Bertz CT molecular complexity index is 615. The van der Waals surface area contributed by atoms with Crippen molar-refractivity contribution >= 4 is 18.1 Å². The van der Waals surface area contributed by atoms with E-state index in [1.165, 1.54) is 0 Å². The summed E-state index contributed by atoms with van der Waals surface area (Å²) in [6, 6.07) is 7.43. The third-order valence-corrected chi connectivity index (χ3v) is 3.17. The molecule has 0 saturated carbocycles. The van der Waals surface area contributed by atoms with Crippen LogP contribution in [-0.2, 0) is 0 Å². The van der Waals surface area contributed by atoms with Crippen LogP contribution in [0, 0.1) is 4.77 Å². The Balaban J connectivity index is 2.18. The van der Waals surface area contributed by atoms with Crippen molar-refractivity contribution in [2.75, 3.05) is 6.54 Å². The number of aromatic amines is 1. The van der Waals surface area contributed by atoms with Crippen molar-refractivity contribution < 1.29 is 4.79 Å². The van der Waals surface area contributed by atoms with Crippen molar-refractivity contribution in [3.05, 3.63) is 47.0 Å². The minimum absolute atomic E-state index is 0.0441. The number of H-pyrrole nitrogens is 1. The van der Waals surface area contributed by atoms with Crippen molar-refractivity contribution in [3.8, 4) is 5.69 Å². The van der Waals surface area contributed by atoms with Crippen LogP contribution in [0.1, 0.15) is 30.1 Å². The molecule has 0 aliphatic heterocycles. The number of nitrogens with zero attached hydrogens (tertiary/aromatic N) is 1. The standard InChI is InChI=1S/C14H17N3OS/c1-2-3-7-15-13(18)11-5-4-6-12(10-11)17-9-8-16-14(17)19/h4-6,8-10H,2-3,7H2,1H3,(H,15,18)(H,16,19). The van der Waals surface area contributed by atoms with E-state index < -0.39 is 0 Å². The van der Waals surface area contributed by atoms with Crippen LogP contribution >= 0.6 is 12.2 Å². The van der Waals surface area contributed by atoms with E-state index in [1.54, 1.807) is 12.3 Å². The van der Waals surface area contributed by atoms with Crippen LogP contribution in [0.4, 0.5) is 0 Å². The maximum Gasteiger partial charge on any atom is 0.251 e. The summed E-state index contributed by atoms with van der Waals surface area (Å²) < 4.78 is 2.45. The molecule has 0 atom stereocenters. The number of amides is 1. The van der Waals surface area contributed by atoms with Crippen molar-refractivity contribution in [1.29, 1.82) is 0 Å². The fourth-order valence-corrected chi connectivity index (χ4v) is 2.04. The van der Waals surface area contributed by atoms with Gasteiger partial charge in [0, 0.05) is 30.2 Å². The zero-order valence-corrected chi connectivity index (χ0v) is 11.7. The molecule has 2 aromatic rings. The molecule has 0 fully saturated rings. The summed E-state index contributed by atoms with van der Waals surface area (Å²) in [7, 11) is 0. The Morgan fingerprint density at radius 1 is 1.47 bits per heavy atom. The average Bonchev–Trinajstić information content (AvgIpc) is 2.85. The lowest BCUT2D eigenvalue weighted by molar-refractivity contribution is 0.0953. The van der Waals surface area contributed by atoms with Gasteiger partial charge in [0.1, 0.15) is 0 Å². The fraction of sp³-hybridized carbons (Fsp3) is 0.286. The third kappa shape index (κ3) is 3.32. The topological polar surface area (TPSA) is 49.8 Å². The first-order chi connectivity index (χ1) is 9.22. The van der Waals surface area contributed by atoms with Gasteiger partial charge in [0.05, 0.1) is 0 Å². The summed E-state index contributed by atoms with van der Waals surface area (Å²) in [5, 5.41) is 2.90. The summed E-state index contributed by atoms with van der Waals surface area (Å²) in [4.78, 5) is 14.9. The Morgan fingerprint density at radius 2 is 2.32 bits per heavy atom. The Morgan fingerprint density at radius 3 is 3.00 bits per heavy atom. The van der Waals surface area contributed by atoms with E-state index >= 15 is 0 Å². The van der Waals surface area contributed by atoms with Gasteiger partial charge < -0.3 is 10.3 Å². The van der Waals surface area contributed by atoms with Gasteiger partial charge in [-0.05, 0) is 36.8 Å². The second kappa shape index (κ2) is 6.33. The maximum absolute atomic E-state index is 12.0. The van der Waals surface area contributed by atoms with E-state index in [0.717, 1.165) is 18.5 Å². The smallest absolute Gasteiger partial charge is 0.251 e. The van der Waals surface area contributed by atoms with Crippen molar-refractivity contribution in [2.45, 2.75) is 19.8 Å². The summed E-state index contributed by atoms with van der Waals surface area (Å²) in [5.74, 6) is -0.0441. The number of rotatable bonds is 5. The lowest BCUT2D eigenvalue weighted by Gasteiger charge is -2.07. The fourth-order valence-electron chi connectivity index (χ4n) is 1.80. The van der Waals surface area contributed by atoms with Gasteiger partial charge in [0.2, 0.25) is 0 Å². The minimum Gasteiger partial charge on any atom is -0.352 e. The molecular weight excluding hydrogens is 258 g/mol. The van der Waals surface area contributed by atoms with Gasteiger partial charge in [-0.2, -0.15) is 0 Å². The van der Waals surface area contributed by atoms with Gasteiger partial charge in [0.25, 0.3) is 5.91 Å². The SMILES string of the molecule is CCCCNC(=O)c1cccc(-n2cc[nH]c2=S)c1. The first-order valence-electron chi connectivity index (χ1n) is 6.37. The molecule has 0 radical (unpaired) electrons. The van der Waals surface area contributed by atoms with E-state index in [2.05, 4.69) is 17.2 Å². The number of hydrogen-bond donors (Lipinski definition) is 2. The van der Waals surface area contributed by atoms with Crippen molar-refractivity contribution in [1.82, 2.24) is 14.9 Å². The van der Waals surface area contributed by atoms with Gasteiger partial charge in [-0.3, -0.25) is 9.36 Å². The first-order valence-corrected chi connectivity index (χ1v) is 6.78.